The Morgan fingerprint density at radius 1 is 1.53 bits per heavy atom. The molecule has 0 aliphatic carbocycles. The molecule has 0 amide bonds. The van der Waals surface area contributed by atoms with Crippen molar-refractivity contribution in [2.75, 3.05) is 7.11 Å². The van der Waals surface area contributed by atoms with Crippen LogP contribution < -0.4 is 0 Å². The highest BCUT2D eigenvalue weighted by atomic mass is 35.5. The van der Waals surface area contributed by atoms with Crippen molar-refractivity contribution in [3.05, 3.63) is 34.3 Å². The zero-order valence-electron chi connectivity index (χ0n) is 10.2. The maximum atomic E-state index is 11.1. The monoisotopic (exact) mass is 256 g/mol. The minimum Gasteiger partial charge on any atom is -0.469 e. The van der Waals surface area contributed by atoms with Crippen molar-refractivity contribution in [1.82, 2.24) is 0 Å². The Morgan fingerprint density at radius 2 is 2.18 bits per heavy atom. The highest BCUT2D eigenvalue weighted by Gasteiger charge is 2.21. The smallest absolute Gasteiger partial charge is 0.305 e. The van der Waals surface area contributed by atoms with E-state index in [1.54, 1.807) is 18.2 Å². The summed E-state index contributed by atoms with van der Waals surface area (Å²) >= 11 is 5.85. The Kier molecular flexibility index (Phi) is 4.97. The molecular formula is C13H17ClO3. The minimum absolute atomic E-state index is 0.192. The van der Waals surface area contributed by atoms with Crippen LogP contribution in [0, 0.1) is 12.8 Å². The molecule has 3 nitrogen and oxygen atoms in total. The summed E-state index contributed by atoms with van der Waals surface area (Å²) in [4.78, 5) is 11.1. The topological polar surface area (TPSA) is 46.5 Å². The van der Waals surface area contributed by atoms with E-state index >= 15 is 0 Å². The molecule has 0 aliphatic rings. The third kappa shape index (κ3) is 3.72. The first-order valence-corrected chi connectivity index (χ1v) is 5.84. The van der Waals surface area contributed by atoms with Gasteiger partial charge in [0.15, 0.2) is 0 Å². The first kappa shape index (κ1) is 14.0. The summed E-state index contributed by atoms with van der Waals surface area (Å²) < 4.78 is 4.59. The van der Waals surface area contributed by atoms with Gasteiger partial charge in [-0.25, -0.2) is 0 Å². The van der Waals surface area contributed by atoms with Crippen molar-refractivity contribution < 1.29 is 14.6 Å². The number of halogens is 1. The number of hydrogen-bond acceptors (Lipinski definition) is 3. The largest absolute Gasteiger partial charge is 0.469 e. The van der Waals surface area contributed by atoms with Gasteiger partial charge in [-0.15, -0.1) is 0 Å². The molecule has 2 atom stereocenters. The molecule has 0 aliphatic heterocycles. The molecule has 1 aromatic rings. The summed E-state index contributed by atoms with van der Waals surface area (Å²) in [6, 6.07) is 5.32. The molecule has 0 saturated heterocycles. The van der Waals surface area contributed by atoms with Crippen LogP contribution in [0.4, 0.5) is 0 Å². The van der Waals surface area contributed by atoms with E-state index in [1.165, 1.54) is 7.11 Å². The molecule has 94 valence electrons. The van der Waals surface area contributed by atoms with Gasteiger partial charge in [-0.1, -0.05) is 24.6 Å². The number of benzene rings is 1. The Hall–Kier alpha value is -1.06. The first-order valence-electron chi connectivity index (χ1n) is 5.46. The zero-order chi connectivity index (χ0) is 13.0. The molecule has 0 aromatic heterocycles. The van der Waals surface area contributed by atoms with Gasteiger partial charge < -0.3 is 9.84 Å². The number of methoxy groups -OCH3 is 1. The standard InChI is InChI=1S/C13H17ClO3/c1-8-6-10(14)4-5-11(8)13(16)9(2)7-12(15)17-3/h4-6,9,13,16H,7H2,1-3H3. The third-order valence-corrected chi connectivity index (χ3v) is 3.04. The van der Waals surface area contributed by atoms with Crippen molar-refractivity contribution in [3.63, 3.8) is 0 Å². The maximum absolute atomic E-state index is 11.1. The number of ether oxygens (including phenoxy) is 1. The van der Waals surface area contributed by atoms with E-state index in [4.69, 9.17) is 11.6 Å². The summed E-state index contributed by atoms with van der Waals surface area (Å²) in [5.41, 5.74) is 1.72. The summed E-state index contributed by atoms with van der Waals surface area (Å²) in [5, 5.41) is 10.8. The van der Waals surface area contributed by atoms with Gasteiger partial charge in [0.25, 0.3) is 0 Å². The van der Waals surface area contributed by atoms with Gasteiger partial charge in [0, 0.05) is 5.02 Å². The average molecular weight is 257 g/mol. The Morgan fingerprint density at radius 3 is 2.71 bits per heavy atom. The predicted molar refractivity (Wildman–Crippen MR) is 66.9 cm³/mol. The van der Waals surface area contributed by atoms with Crippen LogP contribution in [0.15, 0.2) is 18.2 Å². The van der Waals surface area contributed by atoms with Gasteiger partial charge >= 0.3 is 5.97 Å². The molecule has 0 bridgehead atoms. The highest BCUT2D eigenvalue weighted by Crippen LogP contribution is 2.28. The fraction of sp³-hybridized carbons (Fsp3) is 0.462. The molecule has 1 N–H and O–H groups in total. The van der Waals surface area contributed by atoms with E-state index < -0.39 is 6.10 Å². The van der Waals surface area contributed by atoms with Crippen molar-refractivity contribution >= 4 is 17.6 Å². The van der Waals surface area contributed by atoms with Crippen LogP contribution in [0.5, 0.6) is 0 Å². The van der Waals surface area contributed by atoms with Gasteiger partial charge in [-0.05, 0) is 36.1 Å². The van der Waals surface area contributed by atoms with E-state index in [-0.39, 0.29) is 18.3 Å². The molecule has 2 unspecified atom stereocenters. The summed E-state index contributed by atoms with van der Waals surface area (Å²) in [7, 11) is 1.34. The predicted octanol–water partition coefficient (Wildman–Crippen LogP) is 2.88. The highest BCUT2D eigenvalue weighted by molar-refractivity contribution is 6.30. The number of hydrogen-bond donors (Lipinski definition) is 1. The molecular weight excluding hydrogens is 240 g/mol. The number of esters is 1. The Bertz CT molecular complexity index is 404. The van der Waals surface area contributed by atoms with E-state index in [2.05, 4.69) is 4.74 Å². The normalized spacial score (nSPS) is 14.2. The zero-order valence-corrected chi connectivity index (χ0v) is 11.0. The van der Waals surface area contributed by atoms with E-state index in [0.717, 1.165) is 11.1 Å². The van der Waals surface area contributed by atoms with Gasteiger partial charge in [-0.2, -0.15) is 0 Å². The molecule has 17 heavy (non-hydrogen) atoms. The number of aryl methyl sites for hydroxylation is 1. The van der Waals surface area contributed by atoms with Crippen LogP contribution in [0.2, 0.25) is 5.02 Å². The average Bonchev–Trinajstić information content (AvgIpc) is 2.28. The summed E-state index contributed by atoms with van der Waals surface area (Å²) in [6.07, 6.45) is -0.494. The van der Waals surface area contributed by atoms with Gasteiger partial charge in [0.1, 0.15) is 0 Å². The molecule has 0 saturated carbocycles. The fourth-order valence-corrected chi connectivity index (χ4v) is 1.96. The summed E-state index contributed by atoms with van der Waals surface area (Å²) in [6.45, 7) is 3.70. The van der Waals surface area contributed by atoms with Crippen LogP contribution >= 0.6 is 11.6 Å². The number of carbonyl (C=O) groups excluding carboxylic acids is 1. The van der Waals surface area contributed by atoms with Gasteiger partial charge in [0.05, 0.1) is 19.6 Å². The lowest BCUT2D eigenvalue weighted by atomic mass is 9.92. The van der Waals surface area contributed by atoms with E-state index in [9.17, 15) is 9.90 Å². The van der Waals surface area contributed by atoms with Crippen molar-refractivity contribution in [1.29, 1.82) is 0 Å². The molecule has 0 heterocycles. The first-order chi connectivity index (χ1) is 7.95. The van der Waals surface area contributed by atoms with Crippen molar-refractivity contribution in [3.8, 4) is 0 Å². The third-order valence-electron chi connectivity index (χ3n) is 2.81. The lowest BCUT2D eigenvalue weighted by Gasteiger charge is -2.20. The Labute approximate surface area is 106 Å². The van der Waals surface area contributed by atoms with Crippen LogP contribution in [-0.4, -0.2) is 18.2 Å². The molecule has 0 fully saturated rings. The second kappa shape index (κ2) is 6.03. The SMILES string of the molecule is COC(=O)CC(C)C(O)c1ccc(Cl)cc1C. The number of carbonyl (C=O) groups is 1. The minimum atomic E-state index is -0.689. The number of rotatable bonds is 4. The van der Waals surface area contributed by atoms with Gasteiger partial charge in [-0.3, -0.25) is 4.79 Å². The number of aliphatic hydroxyl groups is 1. The van der Waals surface area contributed by atoms with E-state index in [0.29, 0.717) is 5.02 Å². The van der Waals surface area contributed by atoms with Crippen molar-refractivity contribution in [2.45, 2.75) is 26.4 Å². The maximum Gasteiger partial charge on any atom is 0.305 e. The van der Waals surface area contributed by atoms with Crippen LogP contribution in [-0.2, 0) is 9.53 Å². The number of aliphatic hydroxyl groups excluding tert-OH is 1. The lowest BCUT2D eigenvalue weighted by molar-refractivity contribution is -0.142. The van der Waals surface area contributed by atoms with Crippen molar-refractivity contribution in [2.24, 2.45) is 5.92 Å². The lowest BCUT2D eigenvalue weighted by Crippen LogP contribution is -2.15. The molecule has 1 aromatic carbocycles. The quantitative estimate of drug-likeness (QED) is 0.843. The van der Waals surface area contributed by atoms with Crippen LogP contribution in [0.1, 0.15) is 30.6 Å². The fourth-order valence-electron chi connectivity index (χ4n) is 1.74. The second-order valence-corrected chi connectivity index (χ2v) is 4.64. The van der Waals surface area contributed by atoms with Gasteiger partial charge in [0.2, 0.25) is 0 Å². The second-order valence-electron chi connectivity index (χ2n) is 4.20. The molecule has 4 heteroatoms. The van der Waals surface area contributed by atoms with E-state index in [1.807, 2.05) is 13.8 Å². The Balaban J connectivity index is 2.81. The molecule has 0 spiro atoms. The summed E-state index contributed by atoms with van der Waals surface area (Å²) in [5.74, 6) is -0.509. The molecule has 1 rings (SSSR count). The molecule has 0 radical (unpaired) electrons. The van der Waals surface area contributed by atoms with Crippen LogP contribution in [0.3, 0.4) is 0 Å². The van der Waals surface area contributed by atoms with Crippen LogP contribution in [0.25, 0.3) is 0 Å².